The smallest absolute Gasteiger partial charge is 0.323 e. The van der Waals surface area contributed by atoms with Crippen molar-refractivity contribution in [3.05, 3.63) is 30.2 Å². The lowest BCUT2D eigenvalue weighted by atomic mass is 10.2. The molecule has 1 aromatic carbocycles. The summed E-state index contributed by atoms with van der Waals surface area (Å²) < 4.78 is 10.5. The SMILES string of the molecule is CCOc1ccc(-c2noc(CCC(=O)N(CC)CC(=O)O)n2)cc1. The number of aryl methyl sites for hydroxylation is 1. The van der Waals surface area contributed by atoms with Crippen LogP contribution in [0.25, 0.3) is 11.4 Å². The van der Waals surface area contributed by atoms with Crippen LogP contribution in [0.3, 0.4) is 0 Å². The number of carbonyl (C=O) groups is 2. The highest BCUT2D eigenvalue weighted by Gasteiger charge is 2.16. The maximum absolute atomic E-state index is 12.0. The van der Waals surface area contributed by atoms with E-state index in [0.717, 1.165) is 11.3 Å². The van der Waals surface area contributed by atoms with Crippen molar-refractivity contribution >= 4 is 11.9 Å². The number of nitrogens with zero attached hydrogens (tertiary/aromatic N) is 3. The highest BCUT2D eigenvalue weighted by Crippen LogP contribution is 2.20. The molecule has 1 aromatic heterocycles. The molecule has 0 aliphatic carbocycles. The Kier molecular flexibility index (Phi) is 6.50. The number of ether oxygens (including phenoxy) is 1. The summed E-state index contributed by atoms with van der Waals surface area (Å²) in [4.78, 5) is 28.3. The summed E-state index contributed by atoms with van der Waals surface area (Å²) in [6.45, 7) is 4.27. The molecular formula is C17H21N3O5. The van der Waals surface area contributed by atoms with Crippen LogP contribution in [0.15, 0.2) is 28.8 Å². The van der Waals surface area contributed by atoms with Gasteiger partial charge in [-0.05, 0) is 38.1 Å². The van der Waals surface area contributed by atoms with E-state index in [1.165, 1.54) is 4.90 Å². The molecule has 1 N–H and O–H groups in total. The molecule has 0 spiro atoms. The molecule has 8 nitrogen and oxygen atoms in total. The number of carboxylic acid groups (broad SMARTS) is 1. The van der Waals surface area contributed by atoms with Crippen LogP contribution in [0.5, 0.6) is 5.75 Å². The fourth-order valence-electron chi connectivity index (χ4n) is 2.25. The van der Waals surface area contributed by atoms with Gasteiger partial charge < -0.3 is 19.3 Å². The van der Waals surface area contributed by atoms with E-state index in [0.29, 0.717) is 24.9 Å². The fraction of sp³-hybridized carbons (Fsp3) is 0.412. The Morgan fingerprint density at radius 2 is 1.96 bits per heavy atom. The van der Waals surface area contributed by atoms with Gasteiger partial charge in [0.15, 0.2) is 0 Å². The van der Waals surface area contributed by atoms with Gasteiger partial charge >= 0.3 is 5.97 Å². The van der Waals surface area contributed by atoms with E-state index in [2.05, 4.69) is 10.1 Å². The summed E-state index contributed by atoms with van der Waals surface area (Å²) in [5.74, 6) is 0.238. The number of carbonyl (C=O) groups excluding carboxylic acids is 1. The molecule has 0 aliphatic heterocycles. The summed E-state index contributed by atoms with van der Waals surface area (Å²) in [6, 6.07) is 7.31. The topological polar surface area (TPSA) is 106 Å². The lowest BCUT2D eigenvalue weighted by Crippen LogP contribution is -2.35. The van der Waals surface area contributed by atoms with Crippen LogP contribution in [0.1, 0.15) is 26.2 Å². The van der Waals surface area contributed by atoms with Crippen LogP contribution >= 0.6 is 0 Å². The van der Waals surface area contributed by atoms with Gasteiger partial charge in [0.2, 0.25) is 17.6 Å². The summed E-state index contributed by atoms with van der Waals surface area (Å²) in [6.07, 6.45) is 0.380. The van der Waals surface area contributed by atoms with Gasteiger partial charge in [-0.2, -0.15) is 4.98 Å². The van der Waals surface area contributed by atoms with Gasteiger partial charge in [-0.3, -0.25) is 9.59 Å². The fourth-order valence-corrected chi connectivity index (χ4v) is 2.25. The Morgan fingerprint density at radius 3 is 2.56 bits per heavy atom. The lowest BCUT2D eigenvalue weighted by Gasteiger charge is -2.17. The van der Waals surface area contributed by atoms with Gasteiger partial charge in [0.05, 0.1) is 6.61 Å². The lowest BCUT2D eigenvalue weighted by molar-refractivity contribution is -0.144. The Balaban J connectivity index is 1.94. The van der Waals surface area contributed by atoms with Crippen molar-refractivity contribution in [2.45, 2.75) is 26.7 Å². The van der Waals surface area contributed by atoms with Gasteiger partial charge in [0.25, 0.3) is 0 Å². The predicted octanol–water partition coefficient (Wildman–Crippen LogP) is 2.00. The van der Waals surface area contributed by atoms with Crippen LogP contribution < -0.4 is 4.74 Å². The molecule has 2 rings (SSSR count). The monoisotopic (exact) mass is 347 g/mol. The molecule has 0 unspecified atom stereocenters. The standard InChI is InChI=1S/C17H21N3O5/c1-3-20(11-16(22)23)15(21)10-9-14-18-17(19-25-14)12-5-7-13(8-6-12)24-4-2/h5-8H,3-4,9-11H2,1-2H3,(H,22,23). The Morgan fingerprint density at radius 1 is 1.24 bits per heavy atom. The number of hydrogen-bond acceptors (Lipinski definition) is 6. The van der Waals surface area contributed by atoms with Crippen LogP contribution in [0.4, 0.5) is 0 Å². The van der Waals surface area contributed by atoms with Crippen molar-refractivity contribution in [2.24, 2.45) is 0 Å². The third-order valence-corrected chi connectivity index (χ3v) is 3.50. The van der Waals surface area contributed by atoms with Crippen LogP contribution in [-0.2, 0) is 16.0 Å². The highest BCUT2D eigenvalue weighted by molar-refractivity contribution is 5.81. The van der Waals surface area contributed by atoms with Crippen molar-refractivity contribution in [1.82, 2.24) is 15.0 Å². The molecule has 0 aliphatic rings. The largest absolute Gasteiger partial charge is 0.494 e. The number of aliphatic carboxylic acids is 1. The molecule has 8 heteroatoms. The molecule has 0 saturated heterocycles. The first-order valence-corrected chi connectivity index (χ1v) is 8.08. The molecule has 134 valence electrons. The maximum Gasteiger partial charge on any atom is 0.323 e. The molecule has 2 aromatic rings. The zero-order valence-corrected chi connectivity index (χ0v) is 14.3. The number of amides is 1. The molecule has 0 bridgehead atoms. The van der Waals surface area contributed by atoms with Gasteiger partial charge in [0, 0.05) is 24.9 Å². The van der Waals surface area contributed by atoms with Gasteiger partial charge in [-0.1, -0.05) is 5.16 Å². The average molecular weight is 347 g/mol. The summed E-state index contributed by atoms with van der Waals surface area (Å²) >= 11 is 0. The minimum absolute atomic E-state index is 0.117. The molecular weight excluding hydrogens is 326 g/mol. The second kappa shape index (κ2) is 8.81. The van der Waals surface area contributed by atoms with Crippen molar-refractivity contribution in [1.29, 1.82) is 0 Å². The maximum atomic E-state index is 12.0. The number of benzene rings is 1. The summed E-state index contributed by atoms with van der Waals surface area (Å²) in [5, 5.41) is 12.7. The molecule has 0 radical (unpaired) electrons. The summed E-state index contributed by atoms with van der Waals surface area (Å²) in [5.41, 5.74) is 0.783. The first-order chi connectivity index (χ1) is 12.0. The third kappa shape index (κ3) is 5.30. The number of aromatic nitrogens is 2. The van der Waals surface area contributed by atoms with Crippen LogP contribution in [0, 0.1) is 0 Å². The number of hydrogen-bond donors (Lipinski definition) is 1. The van der Waals surface area contributed by atoms with Crippen LogP contribution in [-0.4, -0.2) is 51.7 Å². The van der Waals surface area contributed by atoms with Gasteiger partial charge in [-0.25, -0.2) is 0 Å². The molecule has 1 amide bonds. The van der Waals surface area contributed by atoms with E-state index < -0.39 is 5.97 Å². The van der Waals surface area contributed by atoms with Crippen molar-refractivity contribution in [3.63, 3.8) is 0 Å². The van der Waals surface area contributed by atoms with Crippen LogP contribution in [0.2, 0.25) is 0 Å². The molecule has 0 saturated carbocycles. The minimum Gasteiger partial charge on any atom is -0.494 e. The van der Waals surface area contributed by atoms with Crippen molar-refractivity contribution in [2.75, 3.05) is 19.7 Å². The Bertz CT molecular complexity index is 711. The Labute approximate surface area is 145 Å². The molecule has 25 heavy (non-hydrogen) atoms. The van der Waals surface area contributed by atoms with E-state index in [4.69, 9.17) is 14.4 Å². The Hall–Kier alpha value is -2.90. The molecule has 1 heterocycles. The van der Waals surface area contributed by atoms with E-state index in [-0.39, 0.29) is 25.3 Å². The first kappa shape index (κ1) is 18.4. The summed E-state index contributed by atoms with van der Waals surface area (Å²) in [7, 11) is 0. The highest BCUT2D eigenvalue weighted by atomic mass is 16.5. The first-order valence-electron chi connectivity index (χ1n) is 8.08. The van der Waals surface area contributed by atoms with E-state index in [9.17, 15) is 9.59 Å². The third-order valence-electron chi connectivity index (χ3n) is 3.50. The minimum atomic E-state index is -1.04. The van der Waals surface area contributed by atoms with Crippen molar-refractivity contribution < 1.29 is 24.0 Å². The molecule has 0 atom stereocenters. The molecule has 0 fully saturated rings. The number of carboxylic acids is 1. The normalized spacial score (nSPS) is 10.5. The van der Waals surface area contributed by atoms with Gasteiger partial charge in [-0.15, -0.1) is 0 Å². The van der Waals surface area contributed by atoms with E-state index >= 15 is 0 Å². The van der Waals surface area contributed by atoms with Gasteiger partial charge in [0.1, 0.15) is 12.3 Å². The van der Waals surface area contributed by atoms with E-state index in [1.807, 2.05) is 31.2 Å². The van der Waals surface area contributed by atoms with E-state index in [1.54, 1.807) is 6.92 Å². The second-order valence-corrected chi connectivity index (χ2v) is 5.27. The zero-order chi connectivity index (χ0) is 18.2. The zero-order valence-electron chi connectivity index (χ0n) is 14.3. The number of likely N-dealkylation sites (N-methyl/N-ethyl adjacent to an activating group) is 1. The van der Waals surface area contributed by atoms with Crippen molar-refractivity contribution in [3.8, 4) is 17.1 Å². The quantitative estimate of drug-likeness (QED) is 0.739. The average Bonchev–Trinajstić information content (AvgIpc) is 3.07. The number of rotatable bonds is 9. The second-order valence-electron chi connectivity index (χ2n) is 5.27. The predicted molar refractivity (Wildman–Crippen MR) is 89.1 cm³/mol.